The molecule has 22 heavy (non-hydrogen) atoms. The molecule has 0 aliphatic heterocycles. The lowest BCUT2D eigenvalue weighted by Gasteiger charge is -2.55. The Bertz CT molecular complexity index is 684. The van der Waals surface area contributed by atoms with Gasteiger partial charge in [-0.2, -0.15) is 4.80 Å². The normalized spacial score (nSPS) is 35.9. The molecule has 0 spiro atoms. The molecule has 4 aliphatic rings. The number of nitrogens with zero attached hydrogens (tertiary/aromatic N) is 4. The van der Waals surface area contributed by atoms with Gasteiger partial charge in [0.15, 0.2) is 0 Å². The highest BCUT2D eigenvalue weighted by atomic mass is 15.6. The molecule has 0 radical (unpaired) electrons. The number of benzene rings is 1. The molecule has 1 aromatic carbocycles. The summed E-state index contributed by atoms with van der Waals surface area (Å²) in [5.41, 5.74) is 7.70. The van der Waals surface area contributed by atoms with Gasteiger partial charge < -0.3 is 5.73 Å². The highest BCUT2D eigenvalue weighted by Gasteiger charge is 2.53. The summed E-state index contributed by atoms with van der Waals surface area (Å²) in [4.78, 5) is 1.95. The van der Waals surface area contributed by atoms with Crippen LogP contribution in [0.5, 0.6) is 0 Å². The average Bonchev–Trinajstić information content (AvgIpc) is 2.96. The van der Waals surface area contributed by atoms with Crippen molar-refractivity contribution in [1.82, 2.24) is 20.2 Å². The van der Waals surface area contributed by atoms with Crippen LogP contribution in [0.3, 0.4) is 0 Å². The van der Waals surface area contributed by atoms with Crippen molar-refractivity contribution in [2.24, 2.45) is 17.8 Å². The van der Waals surface area contributed by atoms with Crippen molar-refractivity contribution in [1.29, 1.82) is 0 Å². The Morgan fingerprint density at radius 2 is 1.73 bits per heavy atom. The summed E-state index contributed by atoms with van der Waals surface area (Å²) in [6, 6.07) is 7.74. The number of aromatic nitrogens is 4. The molecule has 5 heteroatoms. The van der Waals surface area contributed by atoms with Crippen LogP contribution in [0, 0.1) is 17.8 Å². The zero-order valence-electron chi connectivity index (χ0n) is 12.7. The molecular formula is C17H21N5. The molecule has 0 amide bonds. The Morgan fingerprint density at radius 1 is 1.05 bits per heavy atom. The van der Waals surface area contributed by atoms with Crippen LogP contribution in [0.15, 0.2) is 24.3 Å². The third kappa shape index (κ3) is 1.81. The van der Waals surface area contributed by atoms with E-state index in [0.717, 1.165) is 29.0 Å². The average molecular weight is 295 g/mol. The maximum Gasteiger partial charge on any atom is 0.205 e. The van der Waals surface area contributed by atoms with E-state index in [1.165, 1.54) is 38.5 Å². The maximum atomic E-state index is 5.87. The highest BCUT2D eigenvalue weighted by Crippen LogP contribution is 2.58. The van der Waals surface area contributed by atoms with Gasteiger partial charge in [0.05, 0.1) is 5.54 Å². The molecule has 6 rings (SSSR count). The molecule has 0 saturated heterocycles. The fourth-order valence-electron chi connectivity index (χ4n) is 5.52. The second-order valence-corrected chi connectivity index (χ2v) is 7.67. The van der Waals surface area contributed by atoms with E-state index >= 15 is 0 Å². The molecule has 4 aliphatic carbocycles. The minimum absolute atomic E-state index is 0.139. The van der Waals surface area contributed by atoms with E-state index in [9.17, 15) is 0 Å². The third-order valence-electron chi connectivity index (χ3n) is 5.99. The van der Waals surface area contributed by atoms with Crippen molar-refractivity contribution in [3.63, 3.8) is 0 Å². The molecule has 1 heterocycles. The number of rotatable bonds is 2. The van der Waals surface area contributed by atoms with Crippen molar-refractivity contribution in [2.45, 2.75) is 44.1 Å². The smallest absolute Gasteiger partial charge is 0.205 e. The number of hydrogen-bond acceptors (Lipinski definition) is 4. The van der Waals surface area contributed by atoms with Gasteiger partial charge in [0, 0.05) is 11.3 Å². The van der Waals surface area contributed by atoms with E-state index in [2.05, 4.69) is 10.3 Å². The van der Waals surface area contributed by atoms with Gasteiger partial charge in [-0.3, -0.25) is 0 Å². The van der Waals surface area contributed by atoms with E-state index in [-0.39, 0.29) is 5.54 Å². The number of tetrazole rings is 1. The van der Waals surface area contributed by atoms with E-state index in [4.69, 9.17) is 10.8 Å². The first kappa shape index (κ1) is 12.6. The Hall–Kier alpha value is -1.91. The summed E-state index contributed by atoms with van der Waals surface area (Å²) in [5, 5.41) is 13.5. The molecule has 2 N–H and O–H groups in total. The maximum absolute atomic E-state index is 5.87. The van der Waals surface area contributed by atoms with Crippen molar-refractivity contribution < 1.29 is 0 Å². The number of nitrogen functional groups attached to an aromatic ring is 1. The number of hydrogen-bond donors (Lipinski definition) is 1. The zero-order valence-corrected chi connectivity index (χ0v) is 12.7. The first-order valence-corrected chi connectivity index (χ1v) is 8.37. The zero-order chi connectivity index (χ0) is 14.7. The Kier molecular flexibility index (Phi) is 2.47. The van der Waals surface area contributed by atoms with Crippen LogP contribution in [0.1, 0.15) is 38.5 Å². The molecule has 0 atom stereocenters. The Morgan fingerprint density at radius 3 is 2.36 bits per heavy atom. The molecule has 114 valence electrons. The molecule has 1 aromatic heterocycles. The van der Waals surface area contributed by atoms with Crippen LogP contribution in [-0.4, -0.2) is 20.2 Å². The standard InChI is InChI=1S/C17H21N5/c18-15-3-1-2-14(7-15)16-19-21-22(20-16)17-8-11-4-12(9-17)6-13(5-11)10-17/h1-3,7,11-13H,4-6,8-10,18H2. The van der Waals surface area contributed by atoms with Gasteiger partial charge in [-0.05, 0) is 73.6 Å². The summed E-state index contributed by atoms with van der Waals surface area (Å²) in [5.74, 6) is 3.34. The topological polar surface area (TPSA) is 69.6 Å². The summed E-state index contributed by atoms with van der Waals surface area (Å²) in [7, 11) is 0. The van der Waals surface area contributed by atoms with Gasteiger partial charge >= 0.3 is 0 Å². The van der Waals surface area contributed by atoms with Gasteiger partial charge in [-0.1, -0.05) is 12.1 Å². The fourth-order valence-corrected chi connectivity index (χ4v) is 5.52. The minimum Gasteiger partial charge on any atom is -0.399 e. The first-order valence-electron chi connectivity index (χ1n) is 8.37. The predicted molar refractivity (Wildman–Crippen MR) is 83.8 cm³/mol. The van der Waals surface area contributed by atoms with Crippen LogP contribution >= 0.6 is 0 Å². The number of nitrogens with two attached hydrogens (primary N) is 1. The van der Waals surface area contributed by atoms with Crippen molar-refractivity contribution in [3.8, 4) is 11.4 Å². The molecule has 4 saturated carbocycles. The Labute approximate surface area is 129 Å². The SMILES string of the molecule is Nc1cccc(-c2nnn(C34CC5CC(CC(C5)C3)C4)n2)c1. The molecule has 2 aromatic rings. The minimum atomic E-state index is 0.139. The van der Waals surface area contributed by atoms with Crippen molar-refractivity contribution >= 4 is 5.69 Å². The van der Waals surface area contributed by atoms with Gasteiger partial charge in [-0.25, -0.2) is 0 Å². The second-order valence-electron chi connectivity index (χ2n) is 7.67. The van der Waals surface area contributed by atoms with Gasteiger partial charge in [0.2, 0.25) is 5.82 Å². The quantitative estimate of drug-likeness (QED) is 0.865. The largest absolute Gasteiger partial charge is 0.399 e. The predicted octanol–water partition coefficient (Wildman–Crippen LogP) is 2.85. The lowest BCUT2D eigenvalue weighted by molar-refractivity contribution is -0.0573. The van der Waals surface area contributed by atoms with Crippen LogP contribution < -0.4 is 5.73 Å². The van der Waals surface area contributed by atoms with Crippen molar-refractivity contribution in [2.75, 3.05) is 5.73 Å². The van der Waals surface area contributed by atoms with Crippen LogP contribution in [0.25, 0.3) is 11.4 Å². The fraction of sp³-hybridized carbons (Fsp3) is 0.588. The molecule has 4 fully saturated rings. The summed E-state index contributed by atoms with van der Waals surface area (Å²) in [6.45, 7) is 0. The van der Waals surface area contributed by atoms with Crippen LogP contribution in [0.2, 0.25) is 0 Å². The van der Waals surface area contributed by atoms with Crippen LogP contribution in [-0.2, 0) is 5.54 Å². The second kappa shape index (κ2) is 4.31. The van der Waals surface area contributed by atoms with E-state index < -0.39 is 0 Å². The lowest BCUT2D eigenvalue weighted by Crippen LogP contribution is -2.52. The van der Waals surface area contributed by atoms with E-state index in [1.807, 2.05) is 29.1 Å². The van der Waals surface area contributed by atoms with Gasteiger partial charge in [-0.15, -0.1) is 10.2 Å². The van der Waals surface area contributed by atoms with Crippen LogP contribution in [0.4, 0.5) is 5.69 Å². The van der Waals surface area contributed by atoms with E-state index in [1.54, 1.807) is 0 Å². The lowest BCUT2D eigenvalue weighted by atomic mass is 9.53. The molecule has 5 nitrogen and oxygen atoms in total. The molecule has 4 bridgehead atoms. The third-order valence-corrected chi connectivity index (χ3v) is 5.99. The molecular weight excluding hydrogens is 274 g/mol. The van der Waals surface area contributed by atoms with Crippen molar-refractivity contribution in [3.05, 3.63) is 24.3 Å². The summed E-state index contributed by atoms with van der Waals surface area (Å²) < 4.78 is 0. The first-order chi connectivity index (χ1) is 10.7. The van der Waals surface area contributed by atoms with Gasteiger partial charge in [0.1, 0.15) is 0 Å². The Balaban J connectivity index is 1.52. The monoisotopic (exact) mass is 295 g/mol. The summed E-state index contributed by atoms with van der Waals surface area (Å²) in [6.07, 6.45) is 8.01. The van der Waals surface area contributed by atoms with E-state index in [0.29, 0.717) is 5.82 Å². The van der Waals surface area contributed by atoms with Gasteiger partial charge in [0.25, 0.3) is 0 Å². The number of anilines is 1. The summed E-state index contributed by atoms with van der Waals surface area (Å²) >= 11 is 0. The highest BCUT2D eigenvalue weighted by molar-refractivity contribution is 5.60. The molecule has 0 unspecified atom stereocenters.